The van der Waals surface area contributed by atoms with E-state index in [9.17, 15) is 18.5 Å². The van der Waals surface area contributed by atoms with Gasteiger partial charge in [0.25, 0.3) is 5.56 Å². The van der Waals surface area contributed by atoms with Crippen LogP contribution < -0.4 is 66.9 Å². The van der Waals surface area contributed by atoms with Gasteiger partial charge in [-0.25, -0.2) is 13.1 Å². The Hall–Kier alpha value is -0.154. The number of H-pyrrole nitrogens is 1. The Morgan fingerprint density at radius 3 is 2.74 bits per heavy atom. The van der Waals surface area contributed by atoms with E-state index in [-0.39, 0.29) is 63.7 Å². The number of nitrogens with zero attached hydrogens (tertiary/aromatic N) is 1. The van der Waals surface area contributed by atoms with E-state index in [4.69, 9.17) is 0 Å². The van der Waals surface area contributed by atoms with Crippen LogP contribution in [0.4, 0.5) is 5.82 Å². The van der Waals surface area contributed by atoms with Gasteiger partial charge in [0.2, 0.25) is 10.0 Å². The molecule has 0 aliphatic carbocycles. The second kappa shape index (κ2) is 9.36. The predicted octanol–water partition coefficient (Wildman–Crippen LogP) is -3.17. The summed E-state index contributed by atoms with van der Waals surface area (Å²) < 4.78 is 30.0. The molecule has 0 aliphatic rings. The van der Waals surface area contributed by atoms with Crippen molar-refractivity contribution in [3.8, 4) is 0 Å². The minimum Gasteiger partial charge on any atom is -0.691 e. The van der Waals surface area contributed by atoms with Crippen LogP contribution in [0.1, 0.15) is 5.56 Å². The van der Waals surface area contributed by atoms with Crippen molar-refractivity contribution in [2.45, 2.75) is 11.4 Å². The molecule has 1 aromatic carbocycles. The van der Waals surface area contributed by atoms with E-state index in [1.807, 2.05) is 0 Å². The van der Waals surface area contributed by atoms with Gasteiger partial charge < -0.3 is 5.26 Å². The monoisotopic (exact) mass is 385 g/mol. The summed E-state index contributed by atoms with van der Waals surface area (Å²) in [4.78, 5) is 12.4. The maximum atomic E-state index is 11.8. The Labute approximate surface area is 178 Å². The Bertz CT molecular complexity index is 804. The fraction of sp³-hybridized carbons (Fsp3) is 0.182. The second-order valence-electron chi connectivity index (χ2n) is 4.30. The van der Waals surface area contributed by atoms with E-state index in [1.165, 1.54) is 4.68 Å². The molecule has 0 atom stereocenters. The van der Waals surface area contributed by atoms with Gasteiger partial charge in [-0.3, -0.25) is 19.7 Å². The van der Waals surface area contributed by atoms with Crippen LogP contribution in [-0.4, -0.2) is 24.5 Å². The zero-order chi connectivity index (χ0) is 16.2. The number of hydrogen-bond donors (Lipinski definition) is 2. The number of sulfonamides is 1. The summed E-state index contributed by atoms with van der Waals surface area (Å²) in [6.07, 6.45) is 0.981. The number of anilines is 1. The van der Waals surface area contributed by atoms with Crippen molar-refractivity contribution >= 4 is 27.9 Å². The number of benzene rings is 1. The molecule has 0 unspecified atom stereocenters. The molecular formula is C11H12KN3O6S2. The first-order valence-corrected chi connectivity index (χ1v) is 8.51. The topological polar surface area (TPSA) is 125 Å². The molecule has 2 rings (SSSR count). The van der Waals surface area contributed by atoms with Crippen LogP contribution in [0.2, 0.25) is 0 Å². The molecule has 0 spiro atoms. The average molecular weight is 385 g/mol. The van der Waals surface area contributed by atoms with E-state index in [0.717, 1.165) is 12.3 Å². The fourth-order valence-electron chi connectivity index (χ4n) is 1.74. The third-order valence-corrected chi connectivity index (χ3v) is 3.83. The van der Waals surface area contributed by atoms with Crippen molar-refractivity contribution in [3.05, 3.63) is 46.2 Å². The molecule has 2 N–H and O–H groups in total. The Morgan fingerprint density at radius 2 is 2.09 bits per heavy atom. The van der Waals surface area contributed by atoms with Crippen LogP contribution >= 0.6 is 12.0 Å². The molecule has 120 valence electrons. The van der Waals surface area contributed by atoms with Crippen LogP contribution in [0.25, 0.3) is 0 Å². The average Bonchev–Trinajstić information content (AvgIpc) is 2.75. The molecule has 0 radical (unpaired) electrons. The van der Waals surface area contributed by atoms with Gasteiger partial charge in [-0.15, -0.1) is 0 Å². The van der Waals surface area contributed by atoms with Crippen molar-refractivity contribution in [1.29, 1.82) is 0 Å². The zero-order valence-corrected chi connectivity index (χ0v) is 17.1. The maximum absolute atomic E-state index is 11.8. The second-order valence-corrected chi connectivity index (χ2v) is 6.79. The Kier molecular flexibility index (Phi) is 8.50. The smallest absolute Gasteiger partial charge is 0.691 e. The van der Waals surface area contributed by atoms with Crippen molar-refractivity contribution in [1.82, 2.24) is 9.78 Å². The maximum Gasteiger partial charge on any atom is 1.00 e. The van der Waals surface area contributed by atoms with Crippen molar-refractivity contribution in [2.24, 2.45) is 0 Å². The number of nitrogens with one attached hydrogen (secondary N) is 2. The molecule has 0 saturated heterocycles. The van der Waals surface area contributed by atoms with Crippen LogP contribution in [0, 0.1) is 0 Å². The summed E-state index contributed by atoms with van der Waals surface area (Å²) in [5.74, 6) is 0.0665. The van der Waals surface area contributed by atoms with E-state index in [0.29, 0.717) is 22.5 Å². The third-order valence-electron chi connectivity index (χ3n) is 2.54. The molecule has 1 aromatic heterocycles. The first-order chi connectivity index (χ1) is 10.4. The first-order valence-electron chi connectivity index (χ1n) is 5.88. The van der Waals surface area contributed by atoms with Gasteiger partial charge >= 0.3 is 51.4 Å². The summed E-state index contributed by atoms with van der Waals surface area (Å²) in [6.45, 7) is 0.135. The van der Waals surface area contributed by atoms with Crippen LogP contribution in [0.15, 0.2) is 40.0 Å². The molecule has 1 heterocycles. The van der Waals surface area contributed by atoms with E-state index < -0.39 is 15.6 Å². The normalized spacial score (nSPS) is 11.0. The number of hydrogen-bond acceptors (Lipinski definition) is 7. The molecule has 12 heteroatoms. The molecular weight excluding hydrogens is 373 g/mol. The molecule has 0 amide bonds. The standard InChI is InChI=1S/C11H13N3O6S2.K/c1-22(17,18)13-10-6-11(15)14(12-10)7-8-4-2-3-5-9(8)21-20-19-16;/h2-6,12-13,16H,7H2,1H3;/q;+1/p-1. The van der Waals surface area contributed by atoms with E-state index in [1.54, 1.807) is 24.3 Å². The minimum atomic E-state index is -3.48. The zero-order valence-electron chi connectivity index (χ0n) is 12.3. The Balaban J connectivity index is 0.00000264. The molecule has 0 saturated carbocycles. The summed E-state index contributed by atoms with van der Waals surface area (Å²) in [6, 6.07) is 8.03. The van der Waals surface area contributed by atoms with Gasteiger partial charge in [-0.1, -0.05) is 18.2 Å². The molecule has 9 nitrogen and oxygen atoms in total. The van der Waals surface area contributed by atoms with Gasteiger partial charge in [-0.2, -0.15) is 4.33 Å². The van der Waals surface area contributed by atoms with E-state index >= 15 is 0 Å². The summed E-state index contributed by atoms with van der Waals surface area (Å²) in [7, 11) is -3.48. The number of aromatic amines is 1. The first kappa shape index (κ1) is 20.9. The summed E-state index contributed by atoms with van der Waals surface area (Å²) in [5, 5.41) is 15.8. The molecule has 23 heavy (non-hydrogen) atoms. The molecule has 0 aliphatic heterocycles. The summed E-state index contributed by atoms with van der Waals surface area (Å²) in [5.41, 5.74) is 0.270. The van der Waals surface area contributed by atoms with Crippen LogP contribution in [-0.2, 0) is 25.9 Å². The molecule has 0 fully saturated rings. The van der Waals surface area contributed by atoms with Crippen molar-refractivity contribution < 1.29 is 74.4 Å². The predicted molar refractivity (Wildman–Crippen MR) is 77.1 cm³/mol. The Morgan fingerprint density at radius 1 is 1.39 bits per heavy atom. The number of aromatic nitrogens is 2. The summed E-state index contributed by atoms with van der Waals surface area (Å²) >= 11 is 0.713. The molecule has 0 bridgehead atoms. The van der Waals surface area contributed by atoms with Crippen LogP contribution in [0.3, 0.4) is 0 Å². The SMILES string of the molecule is CS(=O)(=O)Nc1cc(=O)n(Cc2ccccc2SOO[O-])[nH]1.[K+]. The fourth-order valence-corrected chi connectivity index (χ4v) is 2.72. The minimum absolute atomic E-state index is 0. The number of rotatable bonds is 7. The van der Waals surface area contributed by atoms with Gasteiger partial charge in [-0.05, 0) is 11.6 Å². The van der Waals surface area contributed by atoms with E-state index in [2.05, 4.69) is 19.2 Å². The van der Waals surface area contributed by atoms with Crippen molar-refractivity contribution in [3.63, 3.8) is 0 Å². The van der Waals surface area contributed by atoms with Gasteiger partial charge in [0, 0.05) is 11.0 Å². The molecule has 2 aromatic rings. The van der Waals surface area contributed by atoms with Crippen LogP contribution in [0.5, 0.6) is 0 Å². The largest absolute Gasteiger partial charge is 1.00 e. The third kappa shape index (κ3) is 6.70. The quantitative estimate of drug-likeness (QED) is 0.223. The van der Waals surface area contributed by atoms with Gasteiger partial charge in [0.05, 0.1) is 24.8 Å². The van der Waals surface area contributed by atoms with Gasteiger partial charge in [0.1, 0.15) is 5.82 Å². The van der Waals surface area contributed by atoms with Crippen molar-refractivity contribution in [2.75, 3.05) is 11.0 Å². The van der Waals surface area contributed by atoms with Gasteiger partial charge in [0.15, 0.2) is 0 Å².